The molecular weight excluding hydrogens is 230 g/mol. The summed E-state index contributed by atoms with van der Waals surface area (Å²) < 4.78 is 0. The fourth-order valence-corrected chi connectivity index (χ4v) is 1.51. The van der Waals surface area contributed by atoms with E-state index >= 15 is 0 Å². The molecule has 94 valence electrons. The van der Waals surface area contributed by atoms with Gasteiger partial charge in [-0.3, -0.25) is 9.59 Å². The zero-order valence-electron chi connectivity index (χ0n) is 9.78. The minimum atomic E-state index is -0.107. The number of hydrogen-bond acceptors (Lipinski definition) is 3. The normalized spacial score (nSPS) is 14.6. The van der Waals surface area contributed by atoms with E-state index in [0.29, 0.717) is 6.54 Å². The first-order valence-electron chi connectivity index (χ1n) is 5.39. The number of hydrogen-bond donors (Lipinski definition) is 2. The smallest absolute Gasteiger partial charge is 0.239 e. The van der Waals surface area contributed by atoms with Gasteiger partial charge in [-0.1, -0.05) is 6.92 Å². The van der Waals surface area contributed by atoms with Gasteiger partial charge in [-0.25, -0.2) is 0 Å². The summed E-state index contributed by atoms with van der Waals surface area (Å²) in [7, 11) is 1.59. The highest BCUT2D eigenvalue weighted by atomic mass is 35.5. The Bertz CT molecular complexity index is 244. The summed E-state index contributed by atoms with van der Waals surface area (Å²) >= 11 is 0. The van der Waals surface area contributed by atoms with Crippen LogP contribution in [0.1, 0.15) is 13.3 Å². The van der Waals surface area contributed by atoms with Crippen molar-refractivity contribution in [3.05, 3.63) is 0 Å². The Morgan fingerprint density at radius 2 is 2.06 bits per heavy atom. The van der Waals surface area contributed by atoms with E-state index in [0.717, 1.165) is 19.5 Å². The van der Waals surface area contributed by atoms with Gasteiger partial charge in [0.2, 0.25) is 11.8 Å². The maximum atomic E-state index is 11.9. The third-order valence-electron chi connectivity index (χ3n) is 2.55. The molecule has 1 rings (SSSR count). The quantitative estimate of drug-likeness (QED) is 0.698. The van der Waals surface area contributed by atoms with Crippen molar-refractivity contribution in [2.24, 2.45) is 5.92 Å². The highest BCUT2D eigenvalue weighted by molar-refractivity contribution is 5.86. The van der Waals surface area contributed by atoms with Gasteiger partial charge in [-0.15, -0.1) is 12.4 Å². The molecule has 0 aromatic rings. The third-order valence-corrected chi connectivity index (χ3v) is 2.55. The molecule has 0 saturated carbocycles. The summed E-state index contributed by atoms with van der Waals surface area (Å²) in [6.45, 7) is 4.32. The molecule has 0 aromatic carbocycles. The highest BCUT2D eigenvalue weighted by Crippen LogP contribution is 2.08. The summed E-state index contributed by atoms with van der Waals surface area (Å²) in [6.07, 6.45) is 0.878. The van der Waals surface area contributed by atoms with Gasteiger partial charge in [-0.05, 0) is 6.42 Å². The molecule has 0 unspecified atom stereocenters. The van der Waals surface area contributed by atoms with E-state index in [1.807, 2.05) is 6.92 Å². The molecule has 16 heavy (non-hydrogen) atoms. The second kappa shape index (κ2) is 7.46. The predicted octanol–water partition coefficient (Wildman–Crippen LogP) is -0.388. The molecule has 2 N–H and O–H groups in total. The summed E-state index contributed by atoms with van der Waals surface area (Å²) in [4.78, 5) is 24.7. The first-order valence-corrected chi connectivity index (χ1v) is 5.39. The molecule has 0 atom stereocenters. The standard InChI is InChI=1S/C10H19N3O2.ClH/c1-3-4-13(7-9(14)11-2)10(15)8-5-12-6-8;/h8,12H,3-7H2,1-2H3,(H,11,14);1H. The van der Waals surface area contributed by atoms with Gasteiger partial charge in [0.15, 0.2) is 0 Å². The highest BCUT2D eigenvalue weighted by Gasteiger charge is 2.29. The Morgan fingerprint density at radius 3 is 2.44 bits per heavy atom. The van der Waals surface area contributed by atoms with Crippen LogP contribution in [0.15, 0.2) is 0 Å². The van der Waals surface area contributed by atoms with Gasteiger partial charge >= 0.3 is 0 Å². The second-order valence-corrected chi connectivity index (χ2v) is 3.79. The van der Waals surface area contributed by atoms with Crippen molar-refractivity contribution >= 4 is 24.2 Å². The van der Waals surface area contributed by atoms with Crippen molar-refractivity contribution in [1.82, 2.24) is 15.5 Å². The molecule has 1 aliphatic heterocycles. The van der Waals surface area contributed by atoms with Crippen LogP contribution < -0.4 is 10.6 Å². The number of nitrogens with one attached hydrogen (secondary N) is 2. The SMILES string of the molecule is CCCN(CC(=O)NC)C(=O)C1CNC1.Cl. The number of likely N-dealkylation sites (N-methyl/N-ethyl adjacent to an activating group) is 1. The zero-order chi connectivity index (χ0) is 11.3. The number of nitrogens with zero attached hydrogens (tertiary/aromatic N) is 1. The van der Waals surface area contributed by atoms with Crippen molar-refractivity contribution in [2.45, 2.75) is 13.3 Å². The topological polar surface area (TPSA) is 61.4 Å². The Kier molecular flexibility index (Phi) is 7.08. The van der Waals surface area contributed by atoms with Gasteiger partial charge in [0.05, 0.1) is 12.5 Å². The van der Waals surface area contributed by atoms with Crippen LogP contribution in [0.4, 0.5) is 0 Å². The van der Waals surface area contributed by atoms with E-state index in [1.165, 1.54) is 0 Å². The average molecular weight is 250 g/mol. The van der Waals surface area contributed by atoms with Crippen molar-refractivity contribution in [1.29, 1.82) is 0 Å². The zero-order valence-corrected chi connectivity index (χ0v) is 10.6. The first kappa shape index (κ1) is 15.2. The summed E-state index contributed by atoms with van der Waals surface area (Å²) in [6, 6.07) is 0. The molecule has 6 heteroatoms. The van der Waals surface area contributed by atoms with Crippen molar-refractivity contribution in [2.75, 3.05) is 33.2 Å². The van der Waals surface area contributed by atoms with Crippen LogP contribution in [0.5, 0.6) is 0 Å². The Hall–Kier alpha value is -0.810. The second-order valence-electron chi connectivity index (χ2n) is 3.79. The molecule has 0 aromatic heterocycles. The molecule has 1 saturated heterocycles. The molecule has 1 heterocycles. The van der Waals surface area contributed by atoms with Crippen LogP contribution in [0.2, 0.25) is 0 Å². The number of amides is 2. The molecule has 1 aliphatic rings. The Balaban J connectivity index is 0.00000225. The van der Waals surface area contributed by atoms with Crippen LogP contribution in [0, 0.1) is 5.92 Å². The van der Waals surface area contributed by atoms with E-state index < -0.39 is 0 Å². The van der Waals surface area contributed by atoms with E-state index in [9.17, 15) is 9.59 Å². The van der Waals surface area contributed by atoms with Gasteiger partial charge in [-0.2, -0.15) is 0 Å². The first-order chi connectivity index (χ1) is 7.19. The molecule has 1 fully saturated rings. The van der Waals surface area contributed by atoms with Crippen molar-refractivity contribution in [3.8, 4) is 0 Å². The third kappa shape index (κ3) is 3.98. The lowest BCUT2D eigenvalue weighted by Gasteiger charge is -2.31. The minimum Gasteiger partial charge on any atom is -0.358 e. The summed E-state index contributed by atoms with van der Waals surface area (Å²) in [5, 5.41) is 5.59. The molecule has 0 radical (unpaired) electrons. The van der Waals surface area contributed by atoms with Crippen molar-refractivity contribution in [3.63, 3.8) is 0 Å². The average Bonchev–Trinajstić information content (AvgIpc) is 2.14. The summed E-state index contributed by atoms with van der Waals surface area (Å²) in [5.41, 5.74) is 0. The van der Waals surface area contributed by atoms with Crippen LogP contribution in [0.25, 0.3) is 0 Å². The summed E-state index contributed by atoms with van der Waals surface area (Å²) in [5.74, 6) is 0.0597. The minimum absolute atomic E-state index is 0. The Morgan fingerprint density at radius 1 is 1.44 bits per heavy atom. The van der Waals surface area contributed by atoms with Gasteiger partial charge in [0.1, 0.15) is 0 Å². The number of carbonyl (C=O) groups is 2. The van der Waals surface area contributed by atoms with Crippen LogP contribution in [-0.2, 0) is 9.59 Å². The van der Waals surface area contributed by atoms with E-state index in [4.69, 9.17) is 0 Å². The molecule has 2 amide bonds. The monoisotopic (exact) mass is 249 g/mol. The molecule has 0 aliphatic carbocycles. The molecule has 0 spiro atoms. The molecule has 5 nitrogen and oxygen atoms in total. The van der Waals surface area contributed by atoms with E-state index in [2.05, 4.69) is 10.6 Å². The van der Waals surface area contributed by atoms with Crippen molar-refractivity contribution < 1.29 is 9.59 Å². The van der Waals surface area contributed by atoms with E-state index in [1.54, 1.807) is 11.9 Å². The number of carbonyl (C=O) groups excluding carboxylic acids is 2. The maximum absolute atomic E-state index is 11.9. The van der Waals surface area contributed by atoms with Crippen LogP contribution >= 0.6 is 12.4 Å². The molecule has 0 bridgehead atoms. The van der Waals surface area contributed by atoms with Gasteiger partial charge in [0.25, 0.3) is 0 Å². The fraction of sp³-hybridized carbons (Fsp3) is 0.800. The lowest BCUT2D eigenvalue weighted by molar-refractivity contribution is -0.140. The fourth-order valence-electron chi connectivity index (χ4n) is 1.51. The van der Waals surface area contributed by atoms with Gasteiger partial charge < -0.3 is 15.5 Å². The van der Waals surface area contributed by atoms with Crippen LogP contribution in [-0.4, -0.2) is 49.9 Å². The maximum Gasteiger partial charge on any atom is 0.239 e. The van der Waals surface area contributed by atoms with E-state index in [-0.39, 0.29) is 36.7 Å². The largest absolute Gasteiger partial charge is 0.358 e. The van der Waals surface area contributed by atoms with Gasteiger partial charge in [0, 0.05) is 26.7 Å². The Labute approximate surface area is 102 Å². The predicted molar refractivity (Wildman–Crippen MR) is 64.5 cm³/mol. The number of rotatable bonds is 5. The number of halogens is 1. The lowest BCUT2D eigenvalue weighted by atomic mass is 10.0. The lowest BCUT2D eigenvalue weighted by Crippen LogP contribution is -2.53. The molecular formula is C10H20ClN3O2. The van der Waals surface area contributed by atoms with Crippen LogP contribution in [0.3, 0.4) is 0 Å².